The SMILES string of the molecule is Fc1cccc(CC2CSCc3cn[nH]c32)c1. The van der Waals surface area contributed by atoms with Crippen LogP contribution in [0.25, 0.3) is 0 Å². The fourth-order valence-electron chi connectivity index (χ4n) is 2.29. The van der Waals surface area contributed by atoms with Crippen LogP contribution in [0.15, 0.2) is 30.5 Å². The molecular weight excluding hydrogens is 235 g/mol. The van der Waals surface area contributed by atoms with Crippen LogP contribution in [0, 0.1) is 5.82 Å². The van der Waals surface area contributed by atoms with Gasteiger partial charge in [-0.25, -0.2) is 4.39 Å². The van der Waals surface area contributed by atoms with Gasteiger partial charge >= 0.3 is 0 Å². The lowest BCUT2D eigenvalue weighted by Gasteiger charge is -2.21. The molecule has 2 heterocycles. The lowest BCUT2D eigenvalue weighted by atomic mass is 9.95. The standard InChI is InChI=1S/C13H13FN2S/c14-12-3-1-2-9(5-12)4-10-7-17-8-11-6-15-16-13(10)11/h1-3,5-6,10H,4,7-8H2,(H,15,16). The van der Waals surface area contributed by atoms with Crippen molar-refractivity contribution in [1.29, 1.82) is 0 Å². The highest BCUT2D eigenvalue weighted by Crippen LogP contribution is 2.33. The van der Waals surface area contributed by atoms with Gasteiger partial charge in [0.25, 0.3) is 0 Å². The van der Waals surface area contributed by atoms with Crippen LogP contribution in [0.4, 0.5) is 4.39 Å². The van der Waals surface area contributed by atoms with Crippen molar-refractivity contribution in [2.24, 2.45) is 0 Å². The van der Waals surface area contributed by atoms with E-state index < -0.39 is 0 Å². The third kappa shape index (κ3) is 2.22. The Bertz CT molecular complexity index is 524. The molecule has 4 heteroatoms. The van der Waals surface area contributed by atoms with Gasteiger partial charge in [-0.05, 0) is 24.1 Å². The van der Waals surface area contributed by atoms with E-state index in [-0.39, 0.29) is 5.82 Å². The van der Waals surface area contributed by atoms with Gasteiger partial charge < -0.3 is 0 Å². The summed E-state index contributed by atoms with van der Waals surface area (Å²) in [6.45, 7) is 0. The Morgan fingerprint density at radius 3 is 3.29 bits per heavy atom. The average Bonchev–Trinajstić information content (AvgIpc) is 2.78. The second-order valence-corrected chi connectivity index (χ2v) is 5.39. The molecule has 0 radical (unpaired) electrons. The lowest BCUT2D eigenvalue weighted by molar-refractivity contribution is 0.622. The summed E-state index contributed by atoms with van der Waals surface area (Å²) in [5, 5.41) is 7.19. The molecule has 1 aliphatic rings. The highest BCUT2D eigenvalue weighted by Gasteiger charge is 2.22. The van der Waals surface area contributed by atoms with Crippen molar-refractivity contribution >= 4 is 11.8 Å². The van der Waals surface area contributed by atoms with E-state index in [9.17, 15) is 4.39 Å². The molecule has 1 aromatic carbocycles. The normalized spacial score (nSPS) is 19.0. The van der Waals surface area contributed by atoms with Crippen LogP contribution in [0.1, 0.15) is 22.7 Å². The summed E-state index contributed by atoms with van der Waals surface area (Å²) >= 11 is 1.92. The third-order valence-corrected chi connectivity index (χ3v) is 4.26. The number of aromatic nitrogens is 2. The van der Waals surface area contributed by atoms with Crippen LogP contribution in [-0.2, 0) is 12.2 Å². The van der Waals surface area contributed by atoms with Crippen LogP contribution in [0.3, 0.4) is 0 Å². The maximum Gasteiger partial charge on any atom is 0.123 e. The molecule has 88 valence electrons. The zero-order valence-electron chi connectivity index (χ0n) is 9.32. The number of thioether (sulfide) groups is 1. The zero-order chi connectivity index (χ0) is 11.7. The Balaban J connectivity index is 1.84. The number of benzene rings is 1. The number of rotatable bonds is 2. The molecule has 0 aliphatic carbocycles. The van der Waals surface area contributed by atoms with E-state index in [1.165, 1.54) is 17.3 Å². The van der Waals surface area contributed by atoms with Gasteiger partial charge in [0.15, 0.2) is 0 Å². The molecule has 1 atom stereocenters. The topological polar surface area (TPSA) is 28.7 Å². The van der Waals surface area contributed by atoms with Gasteiger partial charge in [-0.3, -0.25) is 5.10 Å². The van der Waals surface area contributed by atoms with Crippen molar-refractivity contribution in [2.75, 3.05) is 5.75 Å². The van der Waals surface area contributed by atoms with Crippen molar-refractivity contribution in [3.05, 3.63) is 53.1 Å². The van der Waals surface area contributed by atoms with Gasteiger partial charge in [-0.1, -0.05) is 12.1 Å². The minimum atomic E-state index is -0.157. The molecule has 0 bridgehead atoms. The second-order valence-electron chi connectivity index (χ2n) is 4.36. The number of nitrogens with one attached hydrogen (secondary N) is 1. The molecule has 0 saturated carbocycles. The van der Waals surface area contributed by atoms with Gasteiger partial charge in [0.05, 0.1) is 6.20 Å². The van der Waals surface area contributed by atoms with Crippen molar-refractivity contribution in [3.8, 4) is 0 Å². The van der Waals surface area contributed by atoms with Crippen LogP contribution < -0.4 is 0 Å². The zero-order valence-corrected chi connectivity index (χ0v) is 10.1. The van der Waals surface area contributed by atoms with Gasteiger partial charge in [0.2, 0.25) is 0 Å². The van der Waals surface area contributed by atoms with Gasteiger partial charge in [-0.2, -0.15) is 16.9 Å². The molecule has 3 rings (SSSR count). The first-order chi connectivity index (χ1) is 8.33. The fourth-order valence-corrected chi connectivity index (χ4v) is 3.43. The fraction of sp³-hybridized carbons (Fsp3) is 0.308. The smallest absolute Gasteiger partial charge is 0.123 e. The van der Waals surface area contributed by atoms with E-state index in [4.69, 9.17) is 0 Å². The summed E-state index contributed by atoms with van der Waals surface area (Å²) in [5.41, 5.74) is 3.58. The minimum Gasteiger partial charge on any atom is -0.282 e. The molecule has 0 spiro atoms. The number of H-pyrrole nitrogens is 1. The van der Waals surface area contributed by atoms with E-state index in [0.29, 0.717) is 5.92 Å². The third-order valence-electron chi connectivity index (χ3n) is 3.11. The molecule has 1 N–H and O–H groups in total. The Morgan fingerprint density at radius 1 is 1.47 bits per heavy atom. The summed E-state index contributed by atoms with van der Waals surface area (Å²) in [6, 6.07) is 6.86. The maximum atomic E-state index is 13.1. The number of halogens is 1. The predicted octanol–water partition coefficient (Wildman–Crippen LogP) is 3.12. The predicted molar refractivity (Wildman–Crippen MR) is 67.6 cm³/mol. The molecule has 2 nitrogen and oxygen atoms in total. The van der Waals surface area contributed by atoms with Crippen LogP contribution in [-0.4, -0.2) is 16.0 Å². The van der Waals surface area contributed by atoms with Crippen molar-refractivity contribution < 1.29 is 4.39 Å². The van der Waals surface area contributed by atoms with Crippen LogP contribution >= 0.6 is 11.8 Å². The van der Waals surface area contributed by atoms with Crippen LogP contribution in [0.2, 0.25) is 0 Å². The summed E-state index contributed by atoms with van der Waals surface area (Å²) in [7, 11) is 0. The highest BCUT2D eigenvalue weighted by atomic mass is 32.2. The Labute approximate surface area is 104 Å². The molecular formula is C13H13FN2S. The van der Waals surface area contributed by atoms with Crippen molar-refractivity contribution in [3.63, 3.8) is 0 Å². The van der Waals surface area contributed by atoms with E-state index >= 15 is 0 Å². The quantitative estimate of drug-likeness (QED) is 0.884. The van der Waals surface area contributed by atoms with Gasteiger partial charge in [0.1, 0.15) is 5.82 Å². The number of aromatic amines is 1. The lowest BCUT2D eigenvalue weighted by Crippen LogP contribution is -2.13. The van der Waals surface area contributed by atoms with Crippen LogP contribution in [0.5, 0.6) is 0 Å². The van der Waals surface area contributed by atoms with E-state index in [1.54, 1.807) is 12.1 Å². The molecule has 0 amide bonds. The average molecular weight is 248 g/mol. The molecule has 1 aliphatic heterocycles. The molecule has 0 saturated heterocycles. The molecule has 17 heavy (non-hydrogen) atoms. The van der Waals surface area contributed by atoms with Gasteiger partial charge in [0, 0.05) is 28.7 Å². The Morgan fingerprint density at radius 2 is 2.41 bits per heavy atom. The van der Waals surface area contributed by atoms with Crippen molar-refractivity contribution in [2.45, 2.75) is 18.1 Å². The second kappa shape index (κ2) is 4.53. The van der Waals surface area contributed by atoms with E-state index in [0.717, 1.165) is 23.5 Å². The van der Waals surface area contributed by atoms with E-state index in [2.05, 4.69) is 10.2 Å². The Hall–Kier alpha value is -1.29. The number of nitrogens with zero attached hydrogens (tertiary/aromatic N) is 1. The van der Waals surface area contributed by atoms with Crippen molar-refractivity contribution in [1.82, 2.24) is 10.2 Å². The highest BCUT2D eigenvalue weighted by molar-refractivity contribution is 7.98. The molecule has 0 fully saturated rings. The van der Waals surface area contributed by atoms with Gasteiger partial charge in [-0.15, -0.1) is 0 Å². The summed E-state index contributed by atoms with van der Waals surface area (Å²) in [4.78, 5) is 0. The molecule has 1 aromatic heterocycles. The summed E-state index contributed by atoms with van der Waals surface area (Å²) in [5.74, 6) is 2.38. The number of fused-ring (bicyclic) bond motifs is 1. The minimum absolute atomic E-state index is 0.157. The molecule has 1 unspecified atom stereocenters. The monoisotopic (exact) mass is 248 g/mol. The largest absolute Gasteiger partial charge is 0.282 e. The number of hydrogen-bond donors (Lipinski definition) is 1. The molecule has 2 aromatic rings. The summed E-state index contributed by atoms with van der Waals surface area (Å²) in [6.07, 6.45) is 2.78. The number of hydrogen-bond acceptors (Lipinski definition) is 2. The maximum absolute atomic E-state index is 13.1. The Kier molecular flexibility index (Phi) is 2.89. The first kappa shape index (κ1) is 10.8. The first-order valence-electron chi connectivity index (χ1n) is 5.67. The summed E-state index contributed by atoms with van der Waals surface area (Å²) < 4.78 is 13.1. The van der Waals surface area contributed by atoms with E-state index in [1.807, 2.05) is 24.0 Å². The first-order valence-corrected chi connectivity index (χ1v) is 6.83.